The summed E-state index contributed by atoms with van der Waals surface area (Å²) in [5, 5.41) is 0. The second-order valence-electron chi connectivity index (χ2n) is 5.61. The van der Waals surface area contributed by atoms with Crippen LogP contribution >= 0.6 is 0 Å². The van der Waals surface area contributed by atoms with Crippen LogP contribution in [-0.4, -0.2) is 37.7 Å². The van der Waals surface area contributed by atoms with Crippen molar-refractivity contribution in [2.75, 3.05) is 27.3 Å². The van der Waals surface area contributed by atoms with Crippen LogP contribution in [0, 0.1) is 0 Å². The molecule has 1 aromatic rings. The van der Waals surface area contributed by atoms with Gasteiger partial charge in [-0.3, -0.25) is 4.90 Å². The van der Waals surface area contributed by atoms with Gasteiger partial charge in [0.2, 0.25) is 0 Å². The summed E-state index contributed by atoms with van der Waals surface area (Å²) in [6.45, 7) is 5.13. The van der Waals surface area contributed by atoms with Crippen LogP contribution in [0.15, 0.2) is 18.2 Å². The Morgan fingerprint density at radius 1 is 1.21 bits per heavy atom. The number of ether oxygens (including phenoxy) is 2. The molecule has 1 aromatic carbocycles. The van der Waals surface area contributed by atoms with Crippen molar-refractivity contribution in [1.82, 2.24) is 4.90 Å². The summed E-state index contributed by atoms with van der Waals surface area (Å²) >= 11 is 0. The second kappa shape index (κ2) is 5.80. The highest BCUT2D eigenvalue weighted by Gasteiger charge is 2.26. The van der Waals surface area contributed by atoms with Crippen molar-refractivity contribution < 1.29 is 9.47 Å². The second-order valence-corrected chi connectivity index (χ2v) is 5.61. The van der Waals surface area contributed by atoms with Crippen LogP contribution in [0.4, 0.5) is 0 Å². The molecule has 0 spiro atoms. The lowest BCUT2D eigenvalue weighted by molar-refractivity contribution is 0.164. The number of nitrogens with two attached hydrogens (primary N) is 1. The van der Waals surface area contributed by atoms with E-state index >= 15 is 0 Å². The summed E-state index contributed by atoms with van der Waals surface area (Å²) in [7, 11) is 3.37. The van der Waals surface area contributed by atoms with E-state index in [1.165, 1.54) is 5.56 Å². The van der Waals surface area contributed by atoms with Crippen LogP contribution < -0.4 is 15.2 Å². The summed E-state index contributed by atoms with van der Waals surface area (Å²) in [4.78, 5) is 2.43. The van der Waals surface area contributed by atoms with E-state index in [1.54, 1.807) is 14.2 Å². The van der Waals surface area contributed by atoms with Crippen LogP contribution in [0.1, 0.15) is 25.3 Å². The fraction of sp³-hybridized carbons (Fsp3) is 0.600. The third-order valence-corrected chi connectivity index (χ3v) is 3.89. The molecule has 2 N–H and O–H groups in total. The fourth-order valence-electron chi connectivity index (χ4n) is 2.45. The minimum absolute atomic E-state index is 0.000490. The molecule has 0 unspecified atom stereocenters. The molecule has 1 saturated heterocycles. The lowest BCUT2D eigenvalue weighted by atomic mass is 9.91. The van der Waals surface area contributed by atoms with Crippen molar-refractivity contribution in [3.8, 4) is 11.5 Å². The Labute approximate surface area is 115 Å². The van der Waals surface area contributed by atoms with Crippen LogP contribution in [0.5, 0.6) is 11.5 Å². The van der Waals surface area contributed by atoms with Gasteiger partial charge in [0.25, 0.3) is 0 Å². The zero-order valence-electron chi connectivity index (χ0n) is 12.1. The molecule has 0 radical (unpaired) electrons. The normalized spacial score (nSPS) is 19.2. The van der Waals surface area contributed by atoms with Gasteiger partial charge in [-0.2, -0.15) is 0 Å². The number of hydrogen-bond donors (Lipinski definition) is 1. The smallest absolute Gasteiger partial charge is 0.127 e. The molecular weight excluding hydrogens is 240 g/mol. The Hall–Kier alpha value is -1.26. The van der Waals surface area contributed by atoms with Gasteiger partial charge < -0.3 is 15.2 Å². The zero-order valence-corrected chi connectivity index (χ0v) is 12.1. The van der Waals surface area contributed by atoms with Crippen molar-refractivity contribution in [3.05, 3.63) is 23.8 Å². The maximum Gasteiger partial charge on any atom is 0.127 e. The number of likely N-dealkylation sites (tertiary alicyclic amines) is 1. The lowest BCUT2D eigenvalue weighted by Crippen LogP contribution is -2.47. The van der Waals surface area contributed by atoms with Gasteiger partial charge in [0.1, 0.15) is 11.5 Å². The first-order chi connectivity index (χ1) is 9.04. The maximum atomic E-state index is 6.16. The van der Waals surface area contributed by atoms with E-state index in [2.05, 4.69) is 17.9 Å². The molecule has 0 aliphatic carbocycles. The number of piperidine rings is 1. The topological polar surface area (TPSA) is 47.7 Å². The third-order valence-electron chi connectivity index (χ3n) is 3.89. The van der Waals surface area contributed by atoms with Crippen LogP contribution in [-0.2, 0) is 6.54 Å². The molecule has 1 heterocycles. The summed E-state index contributed by atoms with van der Waals surface area (Å²) in [6.07, 6.45) is 2.09. The van der Waals surface area contributed by atoms with Crippen molar-refractivity contribution in [2.45, 2.75) is 31.8 Å². The maximum absolute atomic E-state index is 6.16. The first kappa shape index (κ1) is 14.2. The van der Waals surface area contributed by atoms with Gasteiger partial charge in [0, 0.05) is 36.8 Å². The Balaban J connectivity index is 2.03. The lowest BCUT2D eigenvalue weighted by Gasteiger charge is -2.36. The molecule has 2 rings (SSSR count). The Kier molecular flexibility index (Phi) is 4.32. The van der Waals surface area contributed by atoms with E-state index in [-0.39, 0.29) is 5.54 Å². The average molecular weight is 264 g/mol. The zero-order chi connectivity index (χ0) is 13.9. The molecule has 4 nitrogen and oxygen atoms in total. The fourth-order valence-corrected chi connectivity index (χ4v) is 2.45. The van der Waals surface area contributed by atoms with Gasteiger partial charge in [-0.15, -0.1) is 0 Å². The van der Waals surface area contributed by atoms with Crippen LogP contribution in [0.3, 0.4) is 0 Å². The van der Waals surface area contributed by atoms with Gasteiger partial charge in [0.15, 0.2) is 0 Å². The Morgan fingerprint density at radius 2 is 1.89 bits per heavy atom. The van der Waals surface area contributed by atoms with Crippen molar-refractivity contribution >= 4 is 0 Å². The summed E-state index contributed by atoms with van der Waals surface area (Å²) in [5.41, 5.74) is 7.36. The van der Waals surface area contributed by atoms with Gasteiger partial charge >= 0.3 is 0 Å². The SMILES string of the molecule is COc1ccc(CN2CCC(C)(N)CC2)c(OC)c1. The molecule has 106 valence electrons. The van der Waals surface area contributed by atoms with Gasteiger partial charge in [-0.05, 0) is 25.8 Å². The molecule has 0 amide bonds. The highest BCUT2D eigenvalue weighted by molar-refractivity contribution is 5.40. The first-order valence-corrected chi connectivity index (χ1v) is 6.76. The molecule has 0 atom stereocenters. The summed E-state index contributed by atoms with van der Waals surface area (Å²) in [6, 6.07) is 6.00. The highest BCUT2D eigenvalue weighted by atomic mass is 16.5. The predicted molar refractivity (Wildman–Crippen MR) is 76.6 cm³/mol. The Morgan fingerprint density at radius 3 is 2.47 bits per heavy atom. The predicted octanol–water partition coefficient (Wildman–Crippen LogP) is 2.02. The van der Waals surface area contributed by atoms with Crippen molar-refractivity contribution in [1.29, 1.82) is 0 Å². The van der Waals surface area contributed by atoms with Gasteiger partial charge in [0.05, 0.1) is 14.2 Å². The number of methoxy groups -OCH3 is 2. The minimum atomic E-state index is 0.000490. The van der Waals surface area contributed by atoms with E-state index in [4.69, 9.17) is 15.2 Å². The molecule has 1 fully saturated rings. The molecule has 1 aliphatic rings. The van der Waals surface area contributed by atoms with E-state index in [0.717, 1.165) is 44.0 Å². The quantitative estimate of drug-likeness (QED) is 0.904. The molecular formula is C15H24N2O2. The summed E-state index contributed by atoms with van der Waals surface area (Å²) in [5.74, 6) is 1.72. The van der Waals surface area contributed by atoms with Crippen molar-refractivity contribution in [3.63, 3.8) is 0 Å². The minimum Gasteiger partial charge on any atom is -0.497 e. The molecule has 0 aromatic heterocycles. The van der Waals surface area contributed by atoms with E-state index in [0.29, 0.717) is 0 Å². The highest BCUT2D eigenvalue weighted by Crippen LogP contribution is 2.27. The molecule has 0 saturated carbocycles. The number of benzene rings is 1. The third kappa shape index (κ3) is 3.61. The number of rotatable bonds is 4. The van der Waals surface area contributed by atoms with E-state index in [1.807, 2.05) is 12.1 Å². The summed E-state index contributed by atoms with van der Waals surface area (Å²) < 4.78 is 10.7. The molecule has 19 heavy (non-hydrogen) atoms. The number of nitrogens with zero attached hydrogens (tertiary/aromatic N) is 1. The monoisotopic (exact) mass is 264 g/mol. The van der Waals surface area contributed by atoms with E-state index < -0.39 is 0 Å². The standard InChI is InChI=1S/C15H24N2O2/c1-15(16)6-8-17(9-7-15)11-12-4-5-13(18-2)10-14(12)19-3/h4-5,10H,6-9,11,16H2,1-3H3. The van der Waals surface area contributed by atoms with E-state index in [9.17, 15) is 0 Å². The van der Waals surface area contributed by atoms with Gasteiger partial charge in [-0.25, -0.2) is 0 Å². The largest absolute Gasteiger partial charge is 0.497 e. The molecule has 1 aliphatic heterocycles. The molecule has 0 bridgehead atoms. The average Bonchev–Trinajstić information content (AvgIpc) is 2.41. The Bertz CT molecular complexity index is 422. The number of hydrogen-bond acceptors (Lipinski definition) is 4. The van der Waals surface area contributed by atoms with Crippen LogP contribution in [0.25, 0.3) is 0 Å². The first-order valence-electron chi connectivity index (χ1n) is 6.76. The van der Waals surface area contributed by atoms with Crippen molar-refractivity contribution in [2.24, 2.45) is 5.73 Å². The van der Waals surface area contributed by atoms with Crippen LogP contribution in [0.2, 0.25) is 0 Å². The molecule has 4 heteroatoms. The van der Waals surface area contributed by atoms with Gasteiger partial charge in [-0.1, -0.05) is 6.07 Å².